The molecule has 15 rings (SSSR count). The molecule has 0 aliphatic carbocycles. The van der Waals surface area contributed by atoms with Crippen molar-refractivity contribution in [3.05, 3.63) is 158 Å². The molecule has 110 heavy (non-hydrogen) atoms. The molecule has 3 aliphatic rings. The van der Waals surface area contributed by atoms with Crippen molar-refractivity contribution >= 4 is 69.1 Å². The van der Waals surface area contributed by atoms with Crippen LogP contribution in [0.3, 0.4) is 0 Å². The molecule has 8 N–H and O–H groups in total. The van der Waals surface area contributed by atoms with Gasteiger partial charge >= 0.3 is 30.2 Å². The Labute approximate surface area is 635 Å². The van der Waals surface area contributed by atoms with Gasteiger partial charge in [-0.2, -0.15) is 0 Å². The van der Waals surface area contributed by atoms with Crippen molar-refractivity contribution in [2.45, 2.75) is 33.9 Å². The number of benzene rings is 3. The van der Waals surface area contributed by atoms with Crippen LogP contribution in [0, 0.1) is 0 Å². The molecule has 32 nitrogen and oxygen atoms in total. The molecular weight excluding hydrogens is 1400 g/mol. The fourth-order valence-corrected chi connectivity index (χ4v) is 12.6. The smallest absolute Gasteiger partial charge is 0.413 e. The number of aromatic nitrogens is 14. The highest BCUT2D eigenvalue weighted by molar-refractivity contribution is 6.00. The minimum Gasteiger partial charge on any atom is -0.462 e. The first-order chi connectivity index (χ1) is 53.9. The Balaban J connectivity index is 0.000000145. The van der Waals surface area contributed by atoms with E-state index in [4.69, 9.17) is 38.4 Å². The van der Waals surface area contributed by atoms with E-state index < -0.39 is 6.09 Å². The second kappa shape index (κ2) is 37.7. The number of carbonyl (C=O) groups is 3. The first-order valence-corrected chi connectivity index (χ1v) is 36.7. The van der Waals surface area contributed by atoms with Gasteiger partial charge in [-0.05, 0) is 136 Å². The molecule has 5 amide bonds. The van der Waals surface area contributed by atoms with E-state index in [0.29, 0.717) is 61.3 Å². The zero-order valence-electron chi connectivity index (χ0n) is 62.1. The third-order valence-electron chi connectivity index (χ3n) is 17.9. The standard InChI is InChI=1S/C28H34N8O2.C25H28N8O3.C25H27N7O4/c1-4-29-28(37)34-27-32-25-15-21(20-5-6-22(31-16-20)18-36-9-11-38-12-10-36)14-23(26(25)33-27)24-13-19(7-8-30-24)17-35(2)3;1-2-26-24(34)32-23-30-21-14-17(13-19(22(21)31-23)20-5-3-4-6-27-20)18-15-28-25(29-16-18)36-12-9-33-7-10-35-11-8-33;1-2-35-25(33)31-23-29-21-14-17(13-19(22(21)30-23)20-5-3-4-6-26-20)18-15-27-24(28-16-18)36-12-9-32-7-10-34-11-8-32/h5-8,13-16H,4,9-12,17-18H2,1-3H3,(H3,29,32,33,34,37);3-6,13-16H,2,7-12H2,1H3,(H3,26,30,31,32,34);3-6,13-16H,2,7-12H2,1H3,(H2,29,30,31,33). The number of morpholine rings is 3. The van der Waals surface area contributed by atoms with Crippen LogP contribution in [0.15, 0.2) is 147 Å². The lowest BCUT2D eigenvalue weighted by atomic mass is 10.00. The molecule has 12 heterocycles. The van der Waals surface area contributed by atoms with Gasteiger partial charge in [0.25, 0.3) is 0 Å². The van der Waals surface area contributed by atoms with Crippen molar-refractivity contribution < 1.29 is 42.8 Å². The summed E-state index contributed by atoms with van der Waals surface area (Å²) in [6.07, 6.45) is 13.6. The Morgan fingerprint density at radius 2 is 0.900 bits per heavy atom. The molecule has 3 aromatic carbocycles. The average Bonchev–Trinajstić information content (AvgIpc) is 1.60. The van der Waals surface area contributed by atoms with E-state index >= 15 is 0 Å². The number of amides is 5. The number of carbonyl (C=O) groups excluding carboxylic acids is 3. The van der Waals surface area contributed by atoms with Crippen LogP contribution in [0.1, 0.15) is 32.0 Å². The van der Waals surface area contributed by atoms with Crippen LogP contribution < -0.4 is 36.1 Å². The number of H-pyrrole nitrogens is 3. The molecule has 570 valence electrons. The second-order valence-electron chi connectivity index (χ2n) is 26.1. The van der Waals surface area contributed by atoms with Crippen molar-refractivity contribution in [3.63, 3.8) is 0 Å². The monoisotopic (exact) mass is 1490 g/mol. The number of hydrogen-bond donors (Lipinski definition) is 8. The van der Waals surface area contributed by atoms with E-state index in [1.165, 1.54) is 0 Å². The predicted octanol–water partition coefficient (Wildman–Crippen LogP) is 10.0. The predicted molar refractivity (Wildman–Crippen MR) is 418 cm³/mol. The molecule has 0 saturated carbocycles. The molecule has 3 saturated heterocycles. The number of nitrogens with one attached hydrogen (secondary N) is 8. The number of rotatable bonds is 24. The lowest BCUT2D eigenvalue weighted by Crippen LogP contribution is -2.38. The molecule has 0 atom stereocenters. The van der Waals surface area contributed by atoms with Gasteiger partial charge in [0.1, 0.15) is 13.2 Å². The maximum absolute atomic E-state index is 12.1. The number of anilines is 3. The molecule has 0 bridgehead atoms. The maximum atomic E-state index is 12.1. The van der Waals surface area contributed by atoms with Crippen molar-refractivity contribution in [2.75, 3.05) is 155 Å². The van der Waals surface area contributed by atoms with Gasteiger partial charge in [0.2, 0.25) is 17.8 Å². The molecule has 0 spiro atoms. The fraction of sp³-hybridized carbons (Fsp3) is 0.333. The molecule has 0 unspecified atom stereocenters. The van der Waals surface area contributed by atoms with E-state index in [1.54, 1.807) is 44.1 Å². The summed E-state index contributed by atoms with van der Waals surface area (Å²) < 4.78 is 32.6. The van der Waals surface area contributed by atoms with E-state index in [9.17, 15) is 14.4 Å². The number of pyridine rings is 4. The number of nitrogens with zero attached hydrogens (tertiary/aromatic N) is 15. The Morgan fingerprint density at radius 3 is 1.33 bits per heavy atom. The Kier molecular flexibility index (Phi) is 26.1. The van der Waals surface area contributed by atoms with E-state index in [1.807, 2.05) is 113 Å². The van der Waals surface area contributed by atoms with Crippen LogP contribution in [0.25, 0.3) is 100 Å². The van der Waals surface area contributed by atoms with Gasteiger partial charge in [-0.3, -0.25) is 50.6 Å². The van der Waals surface area contributed by atoms with Gasteiger partial charge in [-0.25, -0.2) is 49.3 Å². The number of imidazole rings is 3. The molecule has 0 radical (unpaired) electrons. The summed E-state index contributed by atoms with van der Waals surface area (Å²) in [5, 5.41) is 13.6. The van der Waals surface area contributed by atoms with E-state index in [2.05, 4.69) is 130 Å². The van der Waals surface area contributed by atoms with Gasteiger partial charge in [0, 0.05) is 161 Å². The van der Waals surface area contributed by atoms with Gasteiger partial charge in [-0.15, -0.1) is 0 Å². The third kappa shape index (κ3) is 20.6. The topological polar surface area (TPSA) is 369 Å². The number of ether oxygens (including phenoxy) is 6. The third-order valence-corrected chi connectivity index (χ3v) is 17.9. The van der Waals surface area contributed by atoms with Crippen LogP contribution in [0.4, 0.5) is 32.2 Å². The van der Waals surface area contributed by atoms with Gasteiger partial charge in [0.15, 0.2) is 0 Å². The zero-order valence-corrected chi connectivity index (χ0v) is 62.1. The molecule has 3 aliphatic heterocycles. The Bertz CT molecular complexity index is 4790. The summed E-state index contributed by atoms with van der Waals surface area (Å²) in [4.78, 5) is 105. The lowest BCUT2D eigenvalue weighted by Gasteiger charge is -2.26. The quantitative estimate of drug-likeness (QED) is 0.0279. The van der Waals surface area contributed by atoms with E-state index in [0.717, 1.165) is 206 Å². The molecule has 3 fully saturated rings. The minimum atomic E-state index is -0.575. The Morgan fingerprint density at radius 1 is 0.464 bits per heavy atom. The molecule has 9 aromatic heterocycles. The second-order valence-corrected chi connectivity index (χ2v) is 26.1. The SMILES string of the molecule is CCNC(=O)Nc1nc2c(-c3cc(CN(C)C)ccn3)cc(-c3ccc(CN4CCOCC4)nc3)cc2[nH]1.CCNC(=O)Nc1nc2c(-c3ccccn3)cc(-c3cnc(OCCN4CCOCC4)nc3)cc2[nH]1.CCOC(=O)Nc1nc2c(-c3ccccn3)cc(-c3cnc(OCCN4CCOCC4)nc3)cc2[nH]1. The van der Waals surface area contributed by atoms with E-state index in [-0.39, 0.29) is 24.6 Å². The van der Waals surface area contributed by atoms with Crippen molar-refractivity contribution in [3.8, 4) is 79.2 Å². The van der Waals surface area contributed by atoms with Crippen LogP contribution in [-0.4, -0.2) is 247 Å². The molecular formula is C78H89N23O9. The van der Waals surface area contributed by atoms with Crippen LogP contribution in [0.5, 0.6) is 12.0 Å². The minimum absolute atomic E-state index is 0.266. The highest BCUT2D eigenvalue weighted by Gasteiger charge is 2.22. The Hall–Kier alpha value is -12.0. The maximum Gasteiger partial charge on any atom is 0.413 e. The number of hydrogen-bond acceptors (Lipinski definition) is 24. The van der Waals surface area contributed by atoms with Gasteiger partial charge in [0.05, 0.1) is 102 Å². The number of aromatic amines is 3. The summed E-state index contributed by atoms with van der Waals surface area (Å²) in [5.41, 5.74) is 16.8. The van der Waals surface area contributed by atoms with Crippen LogP contribution in [0.2, 0.25) is 0 Å². The normalized spacial score (nSPS) is 14.1. The molecule has 12 aromatic rings. The summed E-state index contributed by atoms with van der Waals surface area (Å²) in [5.74, 6) is 1.02. The fourth-order valence-electron chi connectivity index (χ4n) is 12.6. The average molecular weight is 1490 g/mol. The van der Waals surface area contributed by atoms with Gasteiger partial charge < -0.3 is 58.9 Å². The van der Waals surface area contributed by atoms with Crippen molar-refractivity contribution in [2.24, 2.45) is 0 Å². The van der Waals surface area contributed by atoms with Crippen molar-refractivity contribution in [1.29, 1.82) is 0 Å². The number of fused-ring (bicyclic) bond motifs is 3. The van der Waals surface area contributed by atoms with Crippen molar-refractivity contribution in [1.82, 2.24) is 100 Å². The lowest BCUT2D eigenvalue weighted by molar-refractivity contribution is 0.0316. The molecule has 32 heteroatoms. The highest BCUT2D eigenvalue weighted by Crippen LogP contribution is 2.37. The largest absolute Gasteiger partial charge is 0.462 e. The first kappa shape index (κ1) is 76.2. The van der Waals surface area contributed by atoms with Gasteiger partial charge in [-0.1, -0.05) is 18.2 Å². The number of urea groups is 2. The summed E-state index contributed by atoms with van der Waals surface area (Å²) >= 11 is 0. The summed E-state index contributed by atoms with van der Waals surface area (Å²) in [7, 11) is 4.09. The zero-order chi connectivity index (χ0) is 76.0. The summed E-state index contributed by atoms with van der Waals surface area (Å²) in [6.45, 7) is 21.1. The highest BCUT2D eigenvalue weighted by atomic mass is 16.5. The first-order valence-electron chi connectivity index (χ1n) is 36.7. The summed E-state index contributed by atoms with van der Waals surface area (Å²) in [6, 6.07) is 31.7. The van der Waals surface area contributed by atoms with Crippen LogP contribution >= 0.6 is 0 Å². The van der Waals surface area contributed by atoms with Crippen LogP contribution in [-0.2, 0) is 32.0 Å².